The minimum absolute atomic E-state index is 0.00878. The number of carbonyl (C=O) groups is 1. The second-order valence-electron chi connectivity index (χ2n) is 11.4. The van der Waals surface area contributed by atoms with Gasteiger partial charge in [-0.25, -0.2) is 0 Å². The van der Waals surface area contributed by atoms with Crippen molar-refractivity contribution in [3.8, 4) is 23.1 Å². The molecule has 2 aliphatic heterocycles. The first-order valence-electron chi connectivity index (χ1n) is 15.3. The minimum atomic E-state index is -0.00878. The molecule has 0 saturated carbocycles. The van der Waals surface area contributed by atoms with Crippen LogP contribution in [0.4, 0.5) is 5.82 Å². The average Bonchev–Trinajstić information content (AvgIpc) is 3.70. The van der Waals surface area contributed by atoms with Gasteiger partial charge in [0.1, 0.15) is 5.75 Å². The zero-order chi connectivity index (χ0) is 30.6. The van der Waals surface area contributed by atoms with Crippen molar-refractivity contribution in [2.24, 2.45) is 0 Å². The highest BCUT2D eigenvalue weighted by Gasteiger charge is 2.21. The summed E-state index contributed by atoms with van der Waals surface area (Å²) in [6.45, 7) is 5.37. The number of rotatable bonds is 10. The summed E-state index contributed by atoms with van der Waals surface area (Å²) in [5.41, 5.74) is 4.33. The highest BCUT2D eigenvalue weighted by atomic mass is 16.7. The number of hydrogen-bond donors (Lipinski definition) is 1. The van der Waals surface area contributed by atoms with Crippen LogP contribution in [0.15, 0.2) is 85.1 Å². The number of anilines is 1. The number of hydrogen-bond acceptors (Lipinski definition) is 8. The predicted molar refractivity (Wildman–Crippen MR) is 172 cm³/mol. The van der Waals surface area contributed by atoms with E-state index in [0.29, 0.717) is 13.3 Å². The van der Waals surface area contributed by atoms with Crippen LogP contribution in [0.2, 0.25) is 0 Å². The number of fused-ring (bicyclic) bond motifs is 2. The molecule has 1 saturated heterocycles. The van der Waals surface area contributed by atoms with Gasteiger partial charge in [-0.15, -0.1) is 10.2 Å². The maximum absolute atomic E-state index is 12.9. The Morgan fingerprint density at radius 3 is 2.42 bits per heavy atom. The van der Waals surface area contributed by atoms with E-state index in [1.807, 2.05) is 65.4 Å². The summed E-state index contributed by atoms with van der Waals surface area (Å²) in [4.78, 5) is 17.6. The highest BCUT2D eigenvalue weighted by Crippen LogP contribution is 2.33. The van der Waals surface area contributed by atoms with E-state index in [-0.39, 0.29) is 12.3 Å². The first-order valence-corrected chi connectivity index (χ1v) is 15.3. The van der Waals surface area contributed by atoms with E-state index < -0.39 is 0 Å². The SMILES string of the molecule is COc1ccc(CCNC(=O)Cc2cn(-c3ccc(N4CCN(Cc5ccc6c(c5)OCO6)CC4)nn3)c3ccccc23)cc1. The Hall–Kier alpha value is -5.09. The summed E-state index contributed by atoms with van der Waals surface area (Å²) >= 11 is 0. The minimum Gasteiger partial charge on any atom is -0.497 e. The molecule has 1 N–H and O–H groups in total. The number of amides is 1. The molecule has 45 heavy (non-hydrogen) atoms. The van der Waals surface area contributed by atoms with Crippen molar-refractivity contribution in [2.45, 2.75) is 19.4 Å². The van der Waals surface area contributed by atoms with Gasteiger partial charge < -0.3 is 24.4 Å². The van der Waals surface area contributed by atoms with Crippen LogP contribution < -0.4 is 24.4 Å². The molecule has 0 radical (unpaired) electrons. The second-order valence-corrected chi connectivity index (χ2v) is 11.4. The smallest absolute Gasteiger partial charge is 0.231 e. The zero-order valence-electron chi connectivity index (χ0n) is 25.3. The third-order valence-corrected chi connectivity index (χ3v) is 8.46. The van der Waals surface area contributed by atoms with Crippen LogP contribution in [0.1, 0.15) is 16.7 Å². The maximum atomic E-state index is 12.9. The summed E-state index contributed by atoms with van der Waals surface area (Å²) in [7, 11) is 1.65. The first-order chi connectivity index (χ1) is 22.1. The summed E-state index contributed by atoms with van der Waals surface area (Å²) in [6.07, 6.45) is 3.05. The van der Waals surface area contributed by atoms with E-state index in [4.69, 9.17) is 14.2 Å². The molecule has 1 fully saturated rings. The lowest BCUT2D eigenvalue weighted by molar-refractivity contribution is -0.120. The lowest BCUT2D eigenvalue weighted by atomic mass is 10.1. The van der Waals surface area contributed by atoms with E-state index in [1.165, 1.54) is 5.56 Å². The topological polar surface area (TPSA) is 94.0 Å². The number of methoxy groups -OCH3 is 1. The van der Waals surface area contributed by atoms with Gasteiger partial charge in [0.25, 0.3) is 0 Å². The Balaban J connectivity index is 0.963. The monoisotopic (exact) mass is 604 g/mol. The van der Waals surface area contributed by atoms with Crippen LogP contribution >= 0.6 is 0 Å². The standard InChI is InChI=1S/C35H36N6O4/c1-43-28-9-6-25(7-10-28)14-15-36-35(42)21-27-23-41(30-5-3-2-4-29(27)30)34-13-12-33(37-38-34)40-18-16-39(17-19-40)22-26-8-11-31-32(20-26)45-24-44-31/h2-13,20,23H,14-19,21-22,24H2,1H3,(H,36,42). The first kappa shape index (κ1) is 28.7. The van der Waals surface area contributed by atoms with Crippen LogP contribution in [0.5, 0.6) is 17.2 Å². The molecule has 0 aliphatic carbocycles. The van der Waals surface area contributed by atoms with Gasteiger partial charge in [-0.3, -0.25) is 14.3 Å². The molecular weight excluding hydrogens is 568 g/mol. The second kappa shape index (κ2) is 12.9. The van der Waals surface area contributed by atoms with Gasteiger partial charge in [0.2, 0.25) is 12.7 Å². The van der Waals surface area contributed by atoms with Crippen molar-refractivity contribution < 1.29 is 19.0 Å². The summed E-state index contributed by atoms with van der Waals surface area (Å²) < 4.78 is 18.2. The van der Waals surface area contributed by atoms with Crippen LogP contribution in [0.25, 0.3) is 16.7 Å². The van der Waals surface area contributed by atoms with Crippen LogP contribution in [-0.4, -0.2) is 72.2 Å². The van der Waals surface area contributed by atoms with Gasteiger partial charge in [0, 0.05) is 50.9 Å². The van der Waals surface area contributed by atoms with Gasteiger partial charge in [-0.2, -0.15) is 0 Å². The number of nitrogens with zero attached hydrogens (tertiary/aromatic N) is 5. The molecule has 5 aromatic rings. The van der Waals surface area contributed by atoms with Crippen molar-refractivity contribution in [1.82, 2.24) is 25.0 Å². The van der Waals surface area contributed by atoms with Crippen molar-refractivity contribution in [3.63, 3.8) is 0 Å². The van der Waals surface area contributed by atoms with E-state index in [0.717, 1.165) is 90.1 Å². The average molecular weight is 605 g/mol. The molecule has 0 atom stereocenters. The van der Waals surface area contributed by atoms with Crippen LogP contribution in [0.3, 0.4) is 0 Å². The van der Waals surface area contributed by atoms with Gasteiger partial charge in [0.15, 0.2) is 23.1 Å². The van der Waals surface area contributed by atoms with Gasteiger partial charge in [0.05, 0.1) is 19.0 Å². The number of benzene rings is 3. The fourth-order valence-corrected chi connectivity index (χ4v) is 6.00. The number of piperazine rings is 1. The lowest BCUT2D eigenvalue weighted by Crippen LogP contribution is -2.46. The Bertz CT molecular complexity index is 1780. The van der Waals surface area contributed by atoms with E-state index in [9.17, 15) is 4.79 Å². The molecule has 7 rings (SSSR count). The molecule has 10 nitrogen and oxygen atoms in total. The lowest BCUT2D eigenvalue weighted by Gasteiger charge is -2.35. The van der Waals surface area contributed by atoms with Gasteiger partial charge in [-0.05, 0) is 65.6 Å². The summed E-state index contributed by atoms with van der Waals surface area (Å²) in [5.74, 6) is 4.05. The van der Waals surface area contributed by atoms with Gasteiger partial charge in [-0.1, -0.05) is 36.4 Å². The fraction of sp³-hybridized carbons (Fsp3) is 0.286. The Labute approximate surface area is 262 Å². The number of para-hydroxylation sites is 1. The molecule has 0 unspecified atom stereocenters. The number of carbonyl (C=O) groups excluding carboxylic acids is 1. The van der Waals surface area contributed by atoms with Crippen molar-refractivity contribution in [3.05, 3.63) is 102 Å². The fourth-order valence-electron chi connectivity index (χ4n) is 6.00. The van der Waals surface area contributed by atoms with E-state index in [2.05, 4.69) is 49.6 Å². The van der Waals surface area contributed by atoms with E-state index >= 15 is 0 Å². The number of nitrogens with one attached hydrogen (secondary N) is 1. The molecular formula is C35H36N6O4. The van der Waals surface area contributed by atoms with Gasteiger partial charge >= 0.3 is 0 Å². The molecule has 10 heteroatoms. The van der Waals surface area contributed by atoms with Crippen LogP contribution in [0, 0.1) is 0 Å². The van der Waals surface area contributed by atoms with Crippen molar-refractivity contribution >= 4 is 22.6 Å². The van der Waals surface area contributed by atoms with Crippen molar-refractivity contribution in [1.29, 1.82) is 0 Å². The Morgan fingerprint density at radius 1 is 0.867 bits per heavy atom. The normalized spacial score (nSPS) is 14.6. The largest absolute Gasteiger partial charge is 0.497 e. The quantitative estimate of drug-likeness (QED) is 0.251. The molecule has 2 aliphatic rings. The van der Waals surface area contributed by atoms with E-state index in [1.54, 1.807) is 7.11 Å². The molecule has 0 bridgehead atoms. The zero-order valence-corrected chi connectivity index (χ0v) is 25.3. The van der Waals surface area contributed by atoms with Crippen LogP contribution in [-0.2, 0) is 24.2 Å². The Morgan fingerprint density at radius 2 is 1.62 bits per heavy atom. The molecule has 4 heterocycles. The number of aromatic nitrogens is 3. The molecule has 3 aromatic carbocycles. The molecule has 1 amide bonds. The summed E-state index contributed by atoms with van der Waals surface area (Å²) in [5, 5.41) is 13.3. The molecule has 230 valence electrons. The highest BCUT2D eigenvalue weighted by molar-refractivity contribution is 5.90. The molecule has 2 aromatic heterocycles. The summed E-state index contributed by atoms with van der Waals surface area (Å²) in [6, 6.07) is 26.2. The predicted octanol–water partition coefficient (Wildman–Crippen LogP) is 4.38. The van der Waals surface area contributed by atoms with Crippen molar-refractivity contribution in [2.75, 3.05) is 51.5 Å². The maximum Gasteiger partial charge on any atom is 0.231 e. The third-order valence-electron chi connectivity index (χ3n) is 8.46. The number of ether oxygens (including phenoxy) is 3. The third kappa shape index (κ3) is 6.41. The molecule has 0 spiro atoms. The Kier molecular flexibility index (Phi) is 8.20.